The summed E-state index contributed by atoms with van der Waals surface area (Å²) < 4.78 is 3.85. The quantitative estimate of drug-likeness (QED) is 0.293. The van der Waals surface area contributed by atoms with Crippen molar-refractivity contribution in [3.8, 4) is 5.40 Å². The Balaban J connectivity index is 0.000000891. The van der Waals surface area contributed by atoms with Crippen LogP contribution in [0, 0.1) is 31.4 Å². The van der Waals surface area contributed by atoms with Gasteiger partial charge in [0.2, 0.25) is 0 Å². The number of aryl methyl sites for hydroxylation is 3. The number of halogens is 2. The number of aromatic nitrogens is 1. The van der Waals surface area contributed by atoms with Gasteiger partial charge in [0.15, 0.2) is 5.40 Å². The van der Waals surface area contributed by atoms with Crippen molar-refractivity contribution >= 4 is 50.3 Å². The molecular weight excluding hydrogens is 407 g/mol. The SMILES string of the molecule is Cc1cc(C)c(N=Cc2ccc(/C=N/SC#N)[n-]2)c(C)c1.[Cl][Fe+][Cl]. The first-order valence-electron chi connectivity index (χ1n) is 6.71. The second-order valence-electron chi connectivity index (χ2n) is 4.77. The van der Waals surface area contributed by atoms with E-state index in [0.29, 0.717) is 0 Å². The molecule has 127 valence electrons. The van der Waals surface area contributed by atoms with Crippen LogP contribution in [0.1, 0.15) is 28.1 Å². The van der Waals surface area contributed by atoms with Crippen LogP contribution >= 0.6 is 32.1 Å². The molecule has 24 heavy (non-hydrogen) atoms. The zero-order chi connectivity index (χ0) is 17.9. The van der Waals surface area contributed by atoms with Gasteiger partial charge in [-0.1, -0.05) is 29.8 Å². The molecule has 0 saturated carbocycles. The molecule has 0 atom stereocenters. The molecule has 0 spiro atoms. The Labute approximate surface area is 161 Å². The van der Waals surface area contributed by atoms with E-state index in [-0.39, 0.29) is 13.1 Å². The van der Waals surface area contributed by atoms with Gasteiger partial charge in [-0.15, -0.1) is 11.4 Å². The fraction of sp³-hybridized carbons (Fsp3) is 0.188. The van der Waals surface area contributed by atoms with Crippen molar-refractivity contribution in [2.24, 2.45) is 9.39 Å². The van der Waals surface area contributed by atoms with E-state index in [2.05, 4.69) is 47.3 Å². The van der Waals surface area contributed by atoms with E-state index in [1.165, 1.54) is 5.56 Å². The standard InChI is InChI=1S/C16H15N4S.2ClH.Fe/c1-11-6-12(2)16(13(3)7-11)18-8-14-4-5-15(20-14)9-19-21-10-17;;;/h4-9H,1-3H3;2*1H;/q-1;;;+3/p-2/b18-8?,19-9+;;;. The molecule has 2 aromatic rings. The number of hydrogen-bond donors (Lipinski definition) is 0. The number of thiocyanates is 1. The van der Waals surface area contributed by atoms with E-state index >= 15 is 0 Å². The second-order valence-corrected chi connectivity index (χ2v) is 7.17. The van der Waals surface area contributed by atoms with Gasteiger partial charge in [0.25, 0.3) is 0 Å². The Hall–Kier alpha value is -1.22. The van der Waals surface area contributed by atoms with Crippen LogP contribution in [0.3, 0.4) is 0 Å². The third kappa shape index (κ3) is 7.12. The Morgan fingerprint density at radius 1 is 1.12 bits per heavy atom. The summed E-state index contributed by atoms with van der Waals surface area (Å²) in [6.45, 7) is 6.20. The minimum absolute atomic E-state index is 0.194. The van der Waals surface area contributed by atoms with Gasteiger partial charge < -0.3 is 4.98 Å². The van der Waals surface area contributed by atoms with Crippen molar-refractivity contribution in [3.05, 3.63) is 52.3 Å². The molecule has 8 heteroatoms. The molecule has 0 N–H and O–H groups in total. The van der Waals surface area contributed by atoms with E-state index in [4.69, 9.17) is 25.5 Å². The van der Waals surface area contributed by atoms with Gasteiger partial charge in [-0.25, -0.2) is 4.40 Å². The fourth-order valence-electron chi connectivity index (χ4n) is 2.15. The van der Waals surface area contributed by atoms with Crippen LogP contribution in [0.2, 0.25) is 0 Å². The zero-order valence-corrected chi connectivity index (χ0v) is 16.7. The van der Waals surface area contributed by atoms with E-state index in [9.17, 15) is 0 Å². The second kappa shape index (κ2) is 11.4. The van der Waals surface area contributed by atoms with Crippen molar-refractivity contribution in [1.29, 1.82) is 5.26 Å². The molecule has 0 aliphatic heterocycles. The molecule has 2 rings (SSSR count). The Morgan fingerprint density at radius 2 is 1.67 bits per heavy atom. The molecule has 0 saturated heterocycles. The Morgan fingerprint density at radius 3 is 2.21 bits per heavy atom. The normalized spacial score (nSPS) is 10.7. The van der Waals surface area contributed by atoms with Crippen molar-refractivity contribution in [3.63, 3.8) is 0 Å². The Bertz CT molecular complexity index is 743. The van der Waals surface area contributed by atoms with Crippen LogP contribution in [0.4, 0.5) is 5.69 Å². The van der Waals surface area contributed by atoms with E-state index in [1.54, 1.807) is 12.4 Å². The molecule has 0 unspecified atom stereocenters. The van der Waals surface area contributed by atoms with Gasteiger partial charge in [0.05, 0.1) is 17.6 Å². The zero-order valence-electron chi connectivity index (χ0n) is 13.3. The van der Waals surface area contributed by atoms with Crippen LogP contribution in [0.5, 0.6) is 0 Å². The molecule has 0 fully saturated rings. The summed E-state index contributed by atoms with van der Waals surface area (Å²) in [4.78, 5) is 8.89. The van der Waals surface area contributed by atoms with Crippen molar-refractivity contribution in [2.45, 2.75) is 20.8 Å². The molecular formula is C16H15Cl2FeN4S. The summed E-state index contributed by atoms with van der Waals surface area (Å²) in [7, 11) is 9.53. The monoisotopic (exact) mass is 421 g/mol. The van der Waals surface area contributed by atoms with E-state index in [1.807, 2.05) is 17.5 Å². The van der Waals surface area contributed by atoms with Crippen molar-refractivity contribution in [1.82, 2.24) is 4.98 Å². The van der Waals surface area contributed by atoms with Gasteiger partial charge >= 0.3 is 33.3 Å². The topological polar surface area (TPSA) is 62.6 Å². The van der Waals surface area contributed by atoms with Crippen LogP contribution in [-0.4, -0.2) is 12.4 Å². The van der Waals surface area contributed by atoms with Crippen molar-refractivity contribution in [2.75, 3.05) is 0 Å². The molecule has 0 aliphatic carbocycles. The average molecular weight is 422 g/mol. The summed E-state index contributed by atoms with van der Waals surface area (Å²) >= 11 is 1.02. The summed E-state index contributed by atoms with van der Waals surface area (Å²) in [6.07, 6.45) is 3.31. The molecule has 1 aromatic carbocycles. The summed E-state index contributed by atoms with van der Waals surface area (Å²) in [5.74, 6) is 0. The first-order valence-corrected chi connectivity index (χ1v) is 10.5. The third-order valence-electron chi connectivity index (χ3n) is 2.92. The molecule has 0 radical (unpaired) electrons. The number of rotatable bonds is 4. The summed E-state index contributed by atoms with van der Waals surface area (Å²) in [5, 5.41) is 10.3. The maximum absolute atomic E-state index is 8.39. The fourth-order valence-corrected chi connectivity index (χ4v) is 2.36. The number of benzene rings is 1. The first-order chi connectivity index (χ1) is 11.5. The molecule has 0 aliphatic rings. The van der Waals surface area contributed by atoms with Crippen LogP contribution in [-0.2, 0) is 13.1 Å². The minimum atomic E-state index is 0.194. The molecule has 1 aromatic heterocycles. The number of aliphatic imine (C=N–C) groups is 1. The van der Waals surface area contributed by atoms with Crippen LogP contribution in [0.15, 0.2) is 33.7 Å². The molecule has 0 bridgehead atoms. The van der Waals surface area contributed by atoms with Gasteiger partial charge in [0.1, 0.15) is 0 Å². The maximum atomic E-state index is 8.39. The first kappa shape index (κ1) is 20.8. The molecule has 0 amide bonds. The average Bonchev–Trinajstić information content (AvgIpc) is 2.95. The van der Waals surface area contributed by atoms with Gasteiger partial charge in [-0.2, -0.15) is 5.26 Å². The number of nitrogens with zero attached hydrogens (tertiary/aromatic N) is 4. The molecule has 4 nitrogen and oxygen atoms in total. The summed E-state index contributed by atoms with van der Waals surface area (Å²) in [6, 6.07) is 7.96. The van der Waals surface area contributed by atoms with Gasteiger partial charge in [-0.05, 0) is 31.9 Å². The van der Waals surface area contributed by atoms with Crippen LogP contribution in [0.25, 0.3) is 0 Å². The van der Waals surface area contributed by atoms with Gasteiger partial charge in [0, 0.05) is 12.4 Å². The molecule has 1 heterocycles. The summed E-state index contributed by atoms with van der Waals surface area (Å²) in [5.41, 5.74) is 6.03. The predicted molar refractivity (Wildman–Crippen MR) is 100 cm³/mol. The third-order valence-corrected chi connectivity index (χ3v) is 3.22. The predicted octanol–water partition coefficient (Wildman–Crippen LogP) is 5.24. The van der Waals surface area contributed by atoms with Crippen molar-refractivity contribution < 1.29 is 13.1 Å². The van der Waals surface area contributed by atoms with E-state index < -0.39 is 0 Å². The number of nitriles is 1. The number of hydrogen-bond acceptors (Lipinski definition) is 4. The van der Waals surface area contributed by atoms with E-state index in [0.717, 1.165) is 40.2 Å². The van der Waals surface area contributed by atoms with Gasteiger partial charge in [-0.3, -0.25) is 4.99 Å². The Kier molecular flexibility index (Phi) is 9.85. The van der Waals surface area contributed by atoms with Crippen LogP contribution < -0.4 is 4.98 Å².